The second-order valence-electron chi connectivity index (χ2n) is 6.04. The highest BCUT2D eigenvalue weighted by atomic mass is 32.2. The zero-order chi connectivity index (χ0) is 20.1. The van der Waals surface area contributed by atoms with E-state index in [9.17, 15) is 13.2 Å². The van der Waals surface area contributed by atoms with Gasteiger partial charge in [-0.1, -0.05) is 11.8 Å². The molecule has 1 aromatic heterocycles. The van der Waals surface area contributed by atoms with Crippen LogP contribution in [0.3, 0.4) is 0 Å². The van der Waals surface area contributed by atoms with Crippen LogP contribution in [0.4, 0.5) is 5.69 Å². The maximum Gasteiger partial charge on any atom is 0.243 e. The van der Waals surface area contributed by atoms with Gasteiger partial charge in [-0.2, -0.15) is 4.31 Å². The van der Waals surface area contributed by atoms with Crippen molar-refractivity contribution in [2.45, 2.75) is 10.1 Å². The van der Waals surface area contributed by atoms with E-state index in [1.807, 2.05) is 11.6 Å². The molecule has 11 heteroatoms. The van der Waals surface area contributed by atoms with Crippen molar-refractivity contribution < 1.29 is 22.7 Å². The van der Waals surface area contributed by atoms with Crippen molar-refractivity contribution in [1.29, 1.82) is 0 Å². The number of anilines is 1. The van der Waals surface area contributed by atoms with Crippen LogP contribution in [0.5, 0.6) is 5.75 Å². The molecule has 1 N–H and O–H groups in total. The fourth-order valence-corrected chi connectivity index (χ4v) is 4.83. The Hall–Kier alpha value is -2.08. The lowest BCUT2D eigenvalue weighted by atomic mass is 10.3. The molecular formula is C17H22N4O5S2. The molecule has 0 bridgehead atoms. The van der Waals surface area contributed by atoms with Gasteiger partial charge in [0, 0.05) is 38.6 Å². The molecule has 0 unspecified atom stereocenters. The summed E-state index contributed by atoms with van der Waals surface area (Å²) >= 11 is 1.31. The second kappa shape index (κ2) is 8.95. The number of ether oxygens (including phenoxy) is 2. The quantitative estimate of drug-likeness (QED) is 0.663. The van der Waals surface area contributed by atoms with E-state index < -0.39 is 10.0 Å². The summed E-state index contributed by atoms with van der Waals surface area (Å²) in [6.07, 6.45) is 3.47. The van der Waals surface area contributed by atoms with Crippen LogP contribution in [0.2, 0.25) is 0 Å². The van der Waals surface area contributed by atoms with E-state index in [4.69, 9.17) is 9.47 Å². The molecule has 1 fully saturated rings. The molecule has 0 aliphatic carbocycles. The van der Waals surface area contributed by atoms with Crippen molar-refractivity contribution in [1.82, 2.24) is 13.9 Å². The highest BCUT2D eigenvalue weighted by Crippen LogP contribution is 2.29. The van der Waals surface area contributed by atoms with Crippen LogP contribution in [0.1, 0.15) is 0 Å². The third kappa shape index (κ3) is 4.66. The standard InChI is InChI=1S/C17H22N4O5S2/c1-20-6-5-18-17(20)27-12-16(22)19-14-4-3-13(11-15(14)25-2)28(23,24)21-7-9-26-10-8-21/h3-6,11H,7-10,12H2,1-2H3,(H,19,22). The first kappa shape index (κ1) is 20.6. The molecular weight excluding hydrogens is 404 g/mol. The predicted molar refractivity (Wildman–Crippen MR) is 105 cm³/mol. The van der Waals surface area contributed by atoms with Gasteiger partial charge in [-0.3, -0.25) is 4.79 Å². The summed E-state index contributed by atoms with van der Waals surface area (Å²) in [5, 5.41) is 3.48. The van der Waals surface area contributed by atoms with Gasteiger partial charge in [-0.15, -0.1) is 0 Å². The van der Waals surface area contributed by atoms with Gasteiger partial charge in [-0.25, -0.2) is 13.4 Å². The number of carbonyl (C=O) groups is 1. The third-order valence-electron chi connectivity index (χ3n) is 4.16. The van der Waals surface area contributed by atoms with Gasteiger partial charge < -0.3 is 19.4 Å². The number of rotatable bonds is 7. The van der Waals surface area contributed by atoms with Crippen molar-refractivity contribution in [3.8, 4) is 5.75 Å². The Bertz CT molecular complexity index is 939. The zero-order valence-electron chi connectivity index (χ0n) is 15.6. The summed E-state index contributed by atoms with van der Waals surface area (Å²) in [5.74, 6) is 0.210. The molecule has 0 atom stereocenters. The van der Waals surface area contributed by atoms with Crippen molar-refractivity contribution >= 4 is 33.4 Å². The number of hydrogen-bond donors (Lipinski definition) is 1. The molecule has 152 valence electrons. The Morgan fingerprint density at radius 3 is 2.75 bits per heavy atom. The molecule has 2 aromatic rings. The van der Waals surface area contributed by atoms with Crippen molar-refractivity contribution in [3.05, 3.63) is 30.6 Å². The lowest BCUT2D eigenvalue weighted by molar-refractivity contribution is -0.113. The molecule has 1 aliphatic rings. The summed E-state index contributed by atoms with van der Waals surface area (Å²) in [7, 11) is -0.359. The van der Waals surface area contributed by atoms with Crippen molar-refractivity contribution in [3.63, 3.8) is 0 Å². The van der Waals surface area contributed by atoms with Gasteiger partial charge in [-0.05, 0) is 12.1 Å². The summed E-state index contributed by atoms with van der Waals surface area (Å²) in [5.41, 5.74) is 0.411. The van der Waals surface area contributed by atoms with E-state index in [1.165, 1.54) is 41.4 Å². The highest BCUT2D eigenvalue weighted by Gasteiger charge is 2.27. The molecule has 2 heterocycles. The summed E-state index contributed by atoms with van der Waals surface area (Å²) in [4.78, 5) is 16.5. The maximum atomic E-state index is 12.8. The van der Waals surface area contributed by atoms with Gasteiger partial charge in [0.1, 0.15) is 5.75 Å². The van der Waals surface area contributed by atoms with Crippen molar-refractivity contribution in [2.24, 2.45) is 7.05 Å². The Balaban J connectivity index is 1.70. The zero-order valence-corrected chi connectivity index (χ0v) is 17.3. The molecule has 1 amide bonds. The van der Waals surface area contributed by atoms with Gasteiger partial charge in [0.2, 0.25) is 15.9 Å². The van der Waals surface area contributed by atoms with E-state index in [0.29, 0.717) is 32.0 Å². The normalized spacial score (nSPS) is 15.4. The number of thioether (sulfide) groups is 1. The molecule has 0 radical (unpaired) electrons. The van der Waals surface area contributed by atoms with Crippen LogP contribution in [0.25, 0.3) is 0 Å². The van der Waals surface area contributed by atoms with Gasteiger partial charge in [0.25, 0.3) is 0 Å². The number of aromatic nitrogens is 2. The fraction of sp³-hybridized carbons (Fsp3) is 0.412. The largest absolute Gasteiger partial charge is 0.495 e. The average molecular weight is 427 g/mol. The minimum atomic E-state index is -3.64. The van der Waals surface area contributed by atoms with E-state index in [-0.39, 0.29) is 22.3 Å². The number of amides is 1. The number of nitrogens with one attached hydrogen (secondary N) is 1. The van der Waals surface area contributed by atoms with Gasteiger partial charge in [0.05, 0.1) is 36.7 Å². The number of hydrogen-bond acceptors (Lipinski definition) is 7. The first-order chi connectivity index (χ1) is 13.4. The van der Waals surface area contributed by atoms with E-state index in [1.54, 1.807) is 12.4 Å². The van der Waals surface area contributed by atoms with Gasteiger partial charge in [0.15, 0.2) is 5.16 Å². The number of nitrogens with zero attached hydrogens (tertiary/aromatic N) is 3. The number of morpholine rings is 1. The lowest BCUT2D eigenvalue weighted by Gasteiger charge is -2.26. The molecule has 28 heavy (non-hydrogen) atoms. The number of benzene rings is 1. The molecule has 3 rings (SSSR count). The topological polar surface area (TPSA) is 103 Å². The third-order valence-corrected chi connectivity index (χ3v) is 7.12. The maximum absolute atomic E-state index is 12.8. The summed E-state index contributed by atoms with van der Waals surface area (Å²) in [6, 6.07) is 4.43. The minimum Gasteiger partial charge on any atom is -0.495 e. The van der Waals surface area contributed by atoms with Crippen LogP contribution in [-0.4, -0.2) is 67.3 Å². The van der Waals surface area contributed by atoms with E-state index in [0.717, 1.165) is 5.16 Å². The predicted octanol–water partition coefficient (Wildman–Crippen LogP) is 1.18. The number of carbonyl (C=O) groups excluding carboxylic acids is 1. The SMILES string of the molecule is COc1cc(S(=O)(=O)N2CCOCC2)ccc1NC(=O)CSc1nccn1C. The first-order valence-electron chi connectivity index (χ1n) is 8.57. The van der Waals surface area contributed by atoms with Crippen LogP contribution >= 0.6 is 11.8 Å². The number of methoxy groups -OCH3 is 1. The fourth-order valence-electron chi connectivity index (χ4n) is 2.68. The Morgan fingerprint density at radius 2 is 2.11 bits per heavy atom. The minimum absolute atomic E-state index is 0.117. The molecule has 1 aromatic carbocycles. The smallest absolute Gasteiger partial charge is 0.243 e. The Morgan fingerprint density at radius 1 is 1.36 bits per heavy atom. The monoisotopic (exact) mass is 426 g/mol. The molecule has 9 nitrogen and oxygen atoms in total. The number of imidazole rings is 1. The van der Waals surface area contributed by atoms with E-state index in [2.05, 4.69) is 10.3 Å². The summed E-state index contributed by atoms with van der Waals surface area (Å²) < 4.78 is 39.2. The number of sulfonamides is 1. The average Bonchev–Trinajstić information content (AvgIpc) is 3.12. The second-order valence-corrected chi connectivity index (χ2v) is 8.92. The number of aryl methyl sites for hydroxylation is 1. The Kier molecular flexibility index (Phi) is 6.60. The Labute approximate surface area is 168 Å². The highest BCUT2D eigenvalue weighted by molar-refractivity contribution is 7.99. The van der Waals surface area contributed by atoms with Crippen molar-refractivity contribution in [2.75, 3.05) is 44.5 Å². The molecule has 0 spiro atoms. The molecule has 1 aliphatic heterocycles. The van der Waals surface area contributed by atoms with Gasteiger partial charge >= 0.3 is 0 Å². The summed E-state index contributed by atoms with van der Waals surface area (Å²) in [6.45, 7) is 1.37. The van der Waals surface area contributed by atoms with Crippen LogP contribution in [-0.2, 0) is 26.6 Å². The van der Waals surface area contributed by atoms with E-state index >= 15 is 0 Å². The lowest BCUT2D eigenvalue weighted by Crippen LogP contribution is -2.40. The first-order valence-corrected chi connectivity index (χ1v) is 11.0. The van der Waals surface area contributed by atoms with Crippen LogP contribution in [0.15, 0.2) is 40.6 Å². The molecule has 0 saturated carbocycles. The van der Waals surface area contributed by atoms with Crippen LogP contribution < -0.4 is 10.1 Å². The van der Waals surface area contributed by atoms with Crippen LogP contribution in [0, 0.1) is 0 Å². The molecule has 1 saturated heterocycles.